The van der Waals surface area contributed by atoms with Crippen molar-refractivity contribution < 1.29 is 33.4 Å². The highest BCUT2D eigenvalue weighted by molar-refractivity contribution is 7.11. The normalized spacial score (nSPS) is 22.2. The van der Waals surface area contributed by atoms with Crippen LogP contribution in [0.25, 0.3) is 0 Å². The number of ether oxygens (including phenoxy) is 2. The average Bonchev–Trinajstić information content (AvgIpc) is 3.90. The first-order valence-electron chi connectivity index (χ1n) is 15.4. The SMILES string of the molecule is COC(=O)N1CCC[C@H]1C(=O)N1CCc2cccc(O[C@H]3CCN(C(=O)c4cncs4)C3)c2[C@H]1CN1C(=O)c2ccccc2C1=O. The van der Waals surface area contributed by atoms with Gasteiger partial charge in [-0.05, 0) is 43.0 Å². The minimum absolute atomic E-state index is 0.0724. The molecule has 0 unspecified atom stereocenters. The molecule has 1 aromatic heterocycles. The van der Waals surface area contributed by atoms with Gasteiger partial charge in [-0.15, -0.1) is 11.3 Å². The Hall–Kier alpha value is -4.78. The van der Waals surface area contributed by atoms with E-state index in [-0.39, 0.29) is 24.5 Å². The van der Waals surface area contributed by atoms with Crippen LogP contribution in [-0.2, 0) is 16.0 Å². The van der Waals surface area contributed by atoms with E-state index in [1.165, 1.54) is 28.2 Å². The number of likely N-dealkylation sites (tertiary alicyclic amines) is 2. The summed E-state index contributed by atoms with van der Waals surface area (Å²) in [4.78, 5) is 77.6. The molecule has 0 bridgehead atoms. The fourth-order valence-corrected chi connectivity index (χ4v) is 7.68. The molecule has 46 heavy (non-hydrogen) atoms. The first-order chi connectivity index (χ1) is 22.4. The summed E-state index contributed by atoms with van der Waals surface area (Å²) < 4.78 is 11.6. The van der Waals surface area contributed by atoms with E-state index in [4.69, 9.17) is 9.47 Å². The van der Waals surface area contributed by atoms with Crippen molar-refractivity contribution in [1.29, 1.82) is 0 Å². The second kappa shape index (κ2) is 12.2. The largest absolute Gasteiger partial charge is 0.488 e. The van der Waals surface area contributed by atoms with Crippen LogP contribution in [0.15, 0.2) is 54.2 Å². The van der Waals surface area contributed by atoms with Gasteiger partial charge < -0.3 is 19.3 Å². The lowest BCUT2D eigenvalue weighted by Gasteiger charge is -2.41. The number of rotatable bonds is 6. The van der Waals surface area contributed by atoms with Crippen LogP contribution in [0, 0.1) is 0 Å². The number of hydrogen-bond acceptors (Lipinski definition) is 9. The highest BCUT2D eigenvalue weighted by Gasteiger charge is 2.45. The Bertz CT molecular complexity index is 1680. The second-order valence-electron chi connectivity index (χ2n) is 11.9. The van der Waals surface area contributed by atoms with E-state index >= 15 is 0 Å². The van der Waals surface area contributed by atoms with Gasteiger partial charge >= 0.3 is 6.09 Å². The Kier molecular flexibility index (Phi) is 7.93. The van der Waals surface area contributed by atoms with Gasteiger partial charge in [0.05, 0.1) is 49.1 Å². The number of benzene rings is 2. The number of imide groups is 1. The van der Waals surface area contributed by atoms with E-state index in [1.807, 2.05) is 18.2 Å². The lowest BCUT2D eigenvalue weighted by molar-refractivity contribution is -0.138. The molecule has 12 nitrogen and oxygen atoms in total. The Morgan fingerprint density at radius 3 is 2.46 bits per heavy atom. The molecule has 7 rings (SSSR count). The van der Waals surface area contributed by atoms with Crippen molar-refractivity contribution in [1.82, 2.24) is 24.6 Å². The van der Waals surface area contributed by atoms with Gasteiger partial charge in [0.25, 0.3) is 17.7 Å². The molecule has 3 atom stereocenters. The number of carbonyl (C=O) groups excluding carboxylic acids is 5. The minimum Gasteiger partial charge on any atom is -0.488 e. The molecule has 3 aromatic rings. The second-order valence-corrected chi connectivity index (χ2v) is 12.7. The van der Waals surface area contributed by atoms with Crippen LogP contribution < -0.4 is 4.74 Å². The molecule has 0 aliphatic carbocycles. The molecule has 238 valence electrons. The molecule has 5 heterocycles. The molecule has 2 saturated heterocycles. The molecule has 0 radical (unpaired) electrons. The molecule has 4 aliphatic rings. The maximum absolute atomic E-state index is 14.3. The van der Waals surface area contributed by atoms with Gasteiger partial charge in [0.1, 0.15) is 22.8 Å². The maximum Gasteiger partial charge on any atom is 0.410 e. The fourth-order valence-electron chi connectivity index (χ4n) is 7.09. The van der Waals surface area contributed by atoms with Crippen molar-refractivity contribution in [3.8, 4) is 5.75 Å². The quantitative estimate of drug-likeness (QED) is 0.374. The van der Waals surface area contributed by atoms with E-state index in [0.717, 1.165) is 11.1 Å². The summed E-state index contributed by atoms with van der Waals surface area (Å²) in [5.74, 6) is -0.625. The van der Waals surface area contributed by atoms with E-state index in [2.05, 4.69) is 4.98 Å². The summed E-state index contributed by atoms with van der Waals surface area (Å²) in [5.41, 5.74) is 3.97. The van der Waals surface area contributed by atoms with E-state index in [1.54, 1.807) is 45.8 Å². The Morgan fingerprint density at radius 1 is 0.957 bits per heavy atom. The standard InChI is InChI=1S/C33H33N5O7S/c1-44-33(43)37-13-5-9-24(37)31(41)36-15-11-20-6-4-10-26(45-21-12-14-35(17-21)32(42)27-16-34-19-46-27)28(20)25(36)18-38-29(39)22-7-2-3-8-23(22)30(38)40/h2-4,6-8,10,16,19,21,24-25H,5,9,11-15,17-18H2,1H3/t21-,24-,25+/m0/s1. The third-order valence-corrected chi connectivity index (χ3v) is 10.1. The number of nitrogens with zero attached hydrogens (tertiary/aromatic N) is 5. The highest BCUT2D eigenvalue weighted by Crippen LogP contribution is 2.40. The Morgan fingerprint density at radius 2 is 1.74 bits per heavy atom. The van der Waals surface area contributed by atoms with Crippen molar-refractivity contribution in [2.24, 2.45) is 0 Å². The minimum atomic E-state index is -0.717. The van der Waals surface area contributed by atoms with Gasteiger partial charge in [0, 0.05) is 31.6 Å². The summed E-state index contributed by atoms with van der Waals surface area (Å²) in [7, 11) is 1.29. The number of hydrogen-bond donors (Lipinski definition) is 0. The Balaban J connectivity index is 1.21. The van der Waals surface area contributed by atoms with Crippen LogP contribution in [0.5, 0.6) is 5.75 Å². The van der Waals surface area contributed by atoms with Gasteiger partial charge in [-0.25, -0.2) is 4.79 Å². The van der Waals surface area contributed by atoms with Gasteiger partial charge in [0.15, 0.2) is 0 Å². The third-order valence-electron chi connectivity index (χ3n) is 9.32. The van der Waals surface area contributed by atoms with Crippen LogP contribution in [0.2, 0.25) is 0 Å². The first-order valence-corrected chi connectivity index (χ1v) is 16.3. The topological polar surface area (TPSA) is 130 Å². The Labute approximate surface area is 269 Å². The zero-order chi connectivity index (χ0) is 31.9. The number of aromatic nitrogens is 1. The lowest BCUT2D eigenvalue weighted by atomic mass is 9.90. The molecular weight excluding hydrogens is 610 g/mol. The number of thiazole rings is 1. The van der Waals surface area contributed by atoms with Crippen LogP contribution in [0.1, 0.15) is 66.8 Å². The molecule has 13 heteroatoms. The summed E-state index contributed by atoms with van der Waals surface area (Å²) >= 11 is 1.30. The van der Waals surface area contributed by atoms with E-state index in [9.17, 15) is 24.0 Å². The first kappa shape index (κ1) is 29.9. The van der Waals surface area contributed by atoms with Crippen molar-refractivity contribution in [2.45, 2.75) is 43.9 Å². The smallest absolute Gasteiger partial charge is 0.410 e. The number of methoxy groups -OCH3 is 1. The molecule has 0 spiro atoms. The summed E-state index contributed by atoms with van der Waals surface area (Å²) in [5, 5.41) is 0. The van der Waals surface area contributed by atoms with Crippen LogP contribution >= 0.6 is 11.3 Å². The summed E-state index contributed by atoms with van der Waals surface area (Å²) in [6, 6.07) is 11.0. The molecular formula is C33H33N5O7S. The average molecular weight is 644 g/mol. The van der Waals surface area contributed by atoms with E-state index < -0.39 is 30.0 Å². The van der Waals surface area contributed by atoms with Crippen molar-refractivity contribution >= 4 is 41.1 Å². The molecule has 2 fully saturated rings. The number of amides is 5. The van der Waals surface area contributed by atoms with Crippen molar-refractivity contribution in [2.75, 3.05) is 39.8 Å². The summed E-state index contributed by atoms with van der Waals surface area (Å²) in [6.45, 7) is 1.60. The third kappa shape index (κ3) is 5.17. The van der Waals surface area contributed by atoms with Gasteiger partial charge in [-0.3, -0.25) is 34.0 Å². The predicted octanol–water partition coefficient (Wildman–Crippen LogP) is 3.39. The number of fused-ring (bicyclic) bond motifs is 2. The molecule has 4 aliphatic heterocycles. The zero-order valence-corrected chi connectivity index (χ0v) is 26.1. The van der Waals surface area contributed by atoms with E-state index in [0.29, 0.717) is 73.6 Å². The molecule has 5 amide bonds. The van der Waals surface area contributed by atoms with Crippen molar-refractivity contribution in [3.63, 3.8) is 0 Å². The lowest BCUT2D eigenvalue weighted by Crippen LogP contribution is -2.53. The van der Waals surface area contributed by atoms with Crippen LogP contribution in [0.3, 0.4) is 0 Å². The van der Waals surface area contributed by atoms with Crippen LogP contribution in [0.4, 0.5) is 4.79 Å². The summed E-state index contributed by atoms with van der Waals surface area (Å²) in [6.07, 6.45) is 3.01. The zero-order valence-electron chi connectivity index (χ0n) is 25.3. The molecule has 2 aromatic carbocycles. The number of carbonyl (C=O) groups is 5. The predicted molar refractivity (Wildman–Crippen MR) is 166 cm³/mol. The highest BCUT2D eigenvalue weighted by atomic mass is 32.1. The van der Waals surface area contributed by atoms with Gasteiger partial charge in [0.2, 0.25) is 5.91 Å². The van der Waals surface area contributed by atoms with Crippen molar-refractivity contribution in [3.05, 3.63) is 81.3 Å². The van der Waals surface area contributed by atoms with Gasteiger partial charge in [-0.2, -0.15) is 0 Å². The van der Waals surface area contributed by atoms with Crippen LogP contribution in [-0.4, -0.2) is 106 Å². The maximum atomic E-state index is 14.3. The molecule has 0 N–H and O–H groups in total. The molecule has 0 saturated carbocycles. The fraction of sp³-hybridized carbons (Fsp3) is 0.394. The monoisotopic (exact) mass is 643 g/mol. The van der Waals surface area contributed by atoms with Gasteiger partial charge in [-0.1, -0.05) is 24.3 Å².